The van der Waals surface area contributed by atoms with Crippen LogP contribution >= 0.6 is 0 Å². The van der Waals surface area contributed by atoms with Crippen molar-refractivity contribution in [3.8, 4) is 0 Å². The third-order valence-electron chi connectivity index (χ3n) is 3.03. The average Bonchev–Trinajstić information content (AvgIpc) is 2.40. The SMILES string of the molecule is CN(Cc1ccncc1)c1c(F)cccc1CCN. The van der Waals surface area contributed by atoms with Crippen LogP contribution in [0.5, 0.6) is 0 Å². The summed E-state index contributed by atoms with van der Waals surface area (Å²) in [5, 5.41) is 0. The van der Waals surface area contributed by atoms with Gasteiger partial charge in [-0.2, -0.15) is 0 Å². The van der Waals surface area contributed by atoms with Gasteiger partial charge in [-0.3, -0.25) is 4.98 Å². The number of anilines is 1. The smallest absolute Gasteiger partial charge is 0.146 e. The van der Waals surface area contributed by atoms with E-state index in [2.05, 4.69) is 4.98 Å². The number of para-hydroxylation sites is 1. The van der Waals surface area contributed by atoms with Gasteiger partial charge in [-0.05, 0) is 42.3 Å². The molecule has 1 aromatic heterocycles. The van der Waals surface area contributed by atoms with Crippen molar-refractivity contribution in [1.82, 2.24) is 4.98 Å². The number of hydrogen-bond acceptors (Lipinski definition) is 3. The van der Waals surface area contributed by atoms with Crippen molar-refractivity contribution in [3.63, 3.8) is 0 Å². The lowest BCUT2D eigenvalue weighted by Gasteiger charge is -2.23. The third kappa shape index (κ3) is 3.29. The monoisotopic (exact) mass is 259 g/mol. The first kappa shape index (κ1) is 13.5. The fourth-order valence-electron chi connectivity index (χ4n) is 2.19. The van der Waals surface area contributed by atoms with E-state index in [9.17, 15) is 4.39 Å². The molecular formula is C15H18FN3. The number of hydrogen-bond donors (Lipinski definition) is 1. The maximum atomic E-state index is 14.0. The molecule has 0 saturated heterocycles. The summed E-state index contributed by atoms with van der Waals surface area (Å²) in [5.41, 5.74) is 8.25. The van der Waals surface area contributed by atoms with E-state index in [0.717, 1.165) is 11.1 Å². The summed E-state index contributed by atoms with van der Waals surface area (Å²) in [5.74, 6) is -0.206. The first-order valence-corrected chi connectivity index (χ1v) is 6.30. The highest BCUT2D eigenvalue weighted by molar-refractivity contribution is 5.54. The van der Waals surface area contributed by atoms with Gasteiger partial charge in [0.15, 0.2) is 0 Å². The molecule has 3 nitrogen and oxygen atoms in total. The van der Waals surface area contributed by atoms with Crippen molar-refractivity contribution in [2.24, 2.45) is 5.73 Å². The Kier molecular flexibility index (Phi) is 4.47. The molecule has 2 N–H and O–H groups in total. The van der Waals surface area contributed by atoms with Crippen LogP contribution in [0.25, 0.3) is 0 Å². The predicted molar refractivity (Wildman–Crippen MR) is 75.5 cm³/mol. The van der Waals surface area contributed by atoms with Crippen molar-refractivity contribution in [3.05, 3.63) is 59.7 Å². The summed E-state index contributed by atoms with van der Waals surface area (Å²) < 4.78 is 14.0. The van der Waals surface area contributed by atoms with Gasteiger partial charge in [0.25, 0.3) is 0 Å². The maximum Gasteiger partial charge on any atom is 0.146 e. The van der Waals surface area contributed by atoms with Crippen LogP contribution in [-0.4, -0.2) is 18.6 Å². The molecule has 0 aliphatic carbocycles. The van der Waals surface area contributed by atoms with E-state index in [1.165, 1.54) is 6.07 Å². The van der Waals surface area contributed by atoms with E-state index in [1.807, 2.05) is 30.1 Å². The lowest BCUT2D eigenvalue weighted by Crippen LogP contribution is -2.20. The molecule has 1 aromatic carbocycles. The summed E-state index contributed by atoms with van der Waals surface area (Å²) in [4.78, 5) is 5.89. The Morgan fingerprint density at radius 1 is 1.21 bits per heavy atom. The number of rotatable bonds is 5. The van der Waals surface area contributed by atoms with Gasteiger partial charge in [0.05, 0.1) is 5.69 Å². The van der Waals surface area contributed by atoms with Gasteiger partial charge in [0.1, 0.15) is 5.82 Å². The standard InChI is InChI=1S/C15H18FN3/c1-19(11-12-6-9-18-10-7-12)15-13(5-8-17)3-2-4-14(15)16/h2-4,6-7,9-10H,5,8,11,17H2,1H3. The predicted octanol–water partition coefficient (Wildman–Crippen LogP) is 2.36. The molecule has 0 aliphatic rings. The normalized spacial score (nSPS) is 10.5. The number of nitrogens with two attached hydrogens (primary N) is 1. The second kappa shape index (κ2) is 6.29. The fraction of sp³-hybridized carbons (Fsp3) is 0.267. The van der Waals surface area contributed by atoms with E-state index in [0.29, 0.717) is 25.2 Å². The molecule has 4 heteroatoms. The first-order valence-electron chi connectivity index (χ1n) is 6.30. The number of aromatic nitrogens is 1. The van der Waals surface area contributed by atoms with Gasteiger partial charge in [0, 0.05) is 26.0 Å². The molecule has 0 radical (unpaired) electrons. The fourth-order valence-corrected chi connectivity index (χ4v) is 2.19. The van der Waals surface area contributed by atoms with E-state index in [-0.39, 0.29) is 5.82 Å². The Labute approximate surface area is 112 Å². The number of nitrogens with zero attached hydrogens (tertiary/aromatic N) is 2. The third-order valence-corrected chi connectivity index (χ3v) is 3.03. The van der Waals surface area contributed by atoms with Crippen LogP contribution in [0.2, 0.25) is 0 Å². The molecule has 100 valence electrons. The Morgan fingerprint density at radius 3 is 2.63 bits per heavy atom. The summed E-state index contributed by atoms with van der Waals surface area (Å²) in [6.45, 7) is 1.15. The first-order chi connectivity index (χ1) is 9.22. The van der Waals surface area contributed by atoms with Crippen LogP contribution in [0.4, 0.5) is 10.1 Å². The van der Waals surface area contributed by atoms with E-state index in [4.69, 9.17) is 5.73 Å². The largest absolute Gasteiger partial charge is 0.368 e. The summed E-state index contributed by atoms with van der Waals surface area (Å²) >= 11 is 0. The van der Waals surface area contributed by atoms with Crippen LogP contribution in [0, 0.1) is 5.82 Å². The molecule has 2 aromatic rings. The molecule has 0 spiro atoms. The highest BCUT2D eigenvalue weighted by Gasteiger charge is 2.12. The van der Waals surface area contributed by atoms with Crippen LogP contribution in [-0.2, 0) is 13.0 Å². The van der Waals surface area contributed by atoms with Crippen molar-refractivity contribution >= 4 is 5.69 Å². The molecule has 2 rings (SSSR count). The molecule has 1 heterocycles. The van der Waals surface area contributed by atoms with Crippen molar-refractivity contribution in [2.75, 3.05) is 18.5 Å². The van der Waals surface area contributed by atoms with Gasteiger partial charge < -0.3 is 10.6 Å². The summed E-state index contributed by atoms with van der Waals surface area (Å²) in [6, 6.07) is 9.00. The van der Waals surface area contributed by atoms with Crippen LogP contribution in [0.15, 0.2) is 42.7 Å². The Bertz CT molecular complexity index is 528. The van der Waals surface area contributed by atoms with Gasteiger partial charge >= 0.3 is 0 Å². The number of pyridine rings is 1. The number of halogens is 1. The minimum atomic E-state index is -0.206. The van der Waals surface area contributed by atoms with Gasteiger partial charge in [-0.15, -0.1) is 0 Å². The molecule has 0 fully saturated rings. The molecule has 0 bridgehead atoms. The summed E-state index contributed by atoms with van der Waals surface area (Å²) in [6.07, 6.45) is 4.16. The van der Waals surface area contributed by atoms with Crippen molar-refractivity contribution < 1.29 is 4.39 Å². The van der Waals surface area contributed by atoms with E-state index < -0.39 is 0 Å². The van der Waals surface area contributed by atoms with Gasteiger partial charge in [-0.1, -0.05) is 12.1 Å². The van der Waals surface area contributed by atoms with Gasteiger partial charge in [0.2, 0.25) is 0 Å². The Hall–Kier alpha value is -1.94. The van der Waals surface area contributed by atoms with E-state index >= 15 is 0 Å². The van der Waals surface area contributed by atoms with Crippen molar-refractivity contribution in [1.29, 1.82) is 0 Å². The summed E-state index contributed by atoms with van der Waals surface area (Å²) in [7, 11) is 1.89. The molecule has 0 amide bonds. The molecular weight excluding hydrogens is 241 g/mol. The molecule has 0 aliphatic heterocycles. The second-order valence-corrected chi connectivity index (χ2v) is 4.50. The quantitative estimate of drug-likeness (QED) is 0.896. The molecule has 0 saturated carbocycles. The lowest BCUT2D eigenvalue weighted by atomic mass is 10.1. The highest BCUT2D eigenvalue weighted by atomic mass is 19.1. The topological polar surface area (TPSA) is 42.2 Å². The van der Waals surface area contributed by atoms with E-state index in [1.54, 1.807) is 18.5 Å². The minimum Gasteiger partial charge on any atom is -0.368 e. The lowest BCUT2D eigenvalue weighted by molar-refractivity contribution is 0.619. The zero-order chi connectivity index (χ0) is 13.7. The van der Waals surface area contributed by atoms with Crippen LogP contribution in [0.1, 0.15) is 11.1 Å². The minimum absolute atomic E-state index is 0.206. The molecule has 0 unspecified atom stereocenters. The Balaban J connectivity index is 2.25. The zero-order valence-corrected chi connectivity index (χ0v) is 11.0. The molecule has 0 atom stereocenters. The maximum absolute atomic E-state index is 14.0. The zero-order valence-electron chi connectivity index (χ0n) is 11.0. The second-order valence-electron chi connectivity index (χ2n) is 4.50. The van der Waals surface area contributed by atoms with Gasteiger partial charge in [-0.25, -0.2) is 4.39 Å². The average molecular weight is 259 g/mol. The van der Waals surface area contributed by atoms with Crippen molar-refractivity contribution in [2.45, 2.75) is 13.0 Å². The van der Waals surface area contributed by atoms with Crippen LogP contribution < -0.4 is 10.6 Å². The molecule has 19 heavy (non-hydrogen) atoms. The highest BCUT2D eigenvalue weighted by Crippen LogP contribution is 2.25. The van der Waals surface area contributed by atoms with Crippen LogP contribution in [0.3, 0.4) is 0 Å². The number of benzene rings is 1. The Morgan fingerprint density at radius 2 is 1.95 bits per heavy atom.